The van der Waals surface area contributed by atoms with Crippen LogP contribution in [0.4, 0.5) is 0 Å². The predicted octanol–water partition coefficient (Wildman–Crippen LogP) is 2.21. The topological polar surface area (TPSA) is 83.5 Å². The summed E-state index contributed by atoms with van der Waals surface area (Å²) in [6, 6.07) is 8.22. The number of carboxylic acids is 1. The van der Waals surface area contributed by atoms with E-state index in [9.17, 15) is 13.2 Å². The molecule has 1 aromatic carbocycles. The molecule has 0 heterocycles. The van der Waals surface area contributed by atoms with Gasteiger partial charge in [0.15, 0.2) is 0 Å². The van der Waals surface area contributed by atoms with Gasteiger partial charge in [0.25, 0.3) is 0 Å². The minimum atomic E-state index is -3.66. The summed E-state index contributed by atoms with van der Waals surface area (Å²) in [5.74, 6) is -1.73. The van der Waals surface area contributed by atoms with E-state index >= 15 is 0 Å². The van der Waals surface area contributed by atoms with Gasteiger partial charge in [0, 0.05) is 0 Å². The van der Waals surface area contributed by atoms with Gasteiger partial charge in [-0.1, -0.05) is 57.5 Å². The van der Waals surface area contributed by atoms with Crippen LogP contribution >= 0.6 is 0 Å². The van der Waals surface area contributed by atoms with Gasteiger partial charge in [-0.15, -0.1) is 0 Å². The fourth-order valence-corrected chi connectivity index (χ4v) is 3.76. The Morgan fingerprint density at radius 1 is 1.24 bits per heavy atom. The highest BCUT2D eigenvalue weighted by atomic mass is 32.2. The largest absolute Gasteiger partial charge is 0.480 e. The number of benzene rings is 1. The maximum absolute atomic E-state index is 12.2. The minimum absolute atomic E-state index is 0.128. The second kappa shape index (κ2) is 7.56. The molecule has 3 atom stereocenters. The maximum Gasteiger partial charge on any atom is 0.322 e. The number of aliphatic carboxylic acids is 1. The first-order valence-corrected chi connectivity index (χ1v) is 8.69. The van der Waals surface area contributed by atoms with Gasteiger partial charge >= 0.3 is 5.97 Å². The monoisotopic (exact) mass is 313 g/mol. The highest BCUT2D eigenvalue weighted by molar-refractivity contribution is 7.89. The number of carboxylic acid groups (broad SMARTS) is 1. The summed E-state index contributed by atoms with van der Waals surface area (Å²) in [6.07, 6.45) is 0.591. The van der Waals surface area contributed by atoms with Crippen molar-refractivity contribution < 1.29 is 18.3 Å². The van der Waals surface area contributed by atoms with E-state index in [0.717, 1.165) is 5.56 Å². The van der Waals surface area contributed by atoms with Gasteiger partial charge in [0.05, 0.1) is 5.75 Å². The van der Waals surface area contributed by atoms with Crippen molar-refractivity contribution in [3.05, 3.63) is 35.9 Å². The van der Waals surface area contributed by atoms with E-state index in [1.54, 1.807) is 6.92 Å². The first-order chi connectivity index (χ1) is 9.76. The van der Waals surface area contributed by atoms with Crippen LogP contribution in [0, 0.1) is 5.92 Å². The molecule has 0 aliphatic carbocycles. The molecule has 0 saturated heterocycles. The Labute approximate surface area is 126 Å². The van der Waals surface area contributed by atoms with E-state index in [4.69, 9.17) is 5.11 Å². The summed E-state index contributed by atoms with van der Waals surface area (Å²) in [4.78, 5) is 11.2. The smallest absolute Gasteiger partial charge is 0.322 e. The fraction of sp³-hybridized carbons (Fsp3) is 0.533. The molecule has 118 valence electrons. The van der Waals surface area contributed by atoms with Gasteiger partial charge < -0.3 is 5.11 Å². The van der Waals surface area contributed by atoms with Crippen LogP contribution in [0.3, 0.4) is 0 Å². The highest BCUT2D eigenvalue weighted by Gasteiger charge is 2.29. The first kappa shape index (κ1) is 17.7. The molecule has 1 aromatic rings. The lowest BCUT2D eigenvalue weighted by Crippen LogP contribution is -2.46. The van der Waals surface area contributed by atoms with E-state index in [2.05, 4.69) is 4.72 Å². The van der Waals surface area contributed by atoms with Crippen LogP contribution in [0.2, 0.25) is 0 Å². The number of hydrogen-bond donors (Lipinski definition) is 2. The first-order valence-electron chi connectivity index (χ1n) is 7.04. The maximum atomic E-state index is 12.2. The Morgan fingerprint density at radius 3 is 2.29 bits per heavy atom. The quantitative estimate of drug-likeness (QED) is 0.771. The van der Waals surface area contributed by atoms with Crippen molar-refractivity contribution in [2.75, 3.05) is 5.75 Å². The molecule has 0 radical (unpaired) electrons. The minimum Gasteiger partial charge on any atom is -0.480 e. The Bertz CT molecular complexity index is 556. The Morgan fingerprint density at radius 2 is 1.81 bits per heavy atom. The van der Waals surface area contributed by atoms with Gasteiger partial charge in [-0.25, -0.2) is 13.1 Å². The van der Waals surface area contributed by atoms with Gasteiger partial charge in [-0.05, 0) is 17.4 Å². The molecule has 6 heteroatoms. The number of sulfonamides is 1. The molecule has 0 bridgehead atoms. The van der Waals surface area contributed by atoms with Crippen LogP contribution in [0.5, 0.6) is 0 Å². The molecule has 3 unspecified atom stereocenters. The molecule has 0 aliphatic rings. The number of hydrogen-bond acceptors (Lipinski definition) is 3. The molecule has 0 amide bonds. The molecular weight excluding hydrogens is 290 g/mol. The van der Waals surface area contributed by atoms with E-state index in [1.807, 2.05) is 44.2 Å². The number of rotatable bonds is 8. The standard InChI is InChI=1S/C15H23NO4S/c1-4-11(2)14(15(17)18)16-21(19,20)10-12(3)13-8-6-5-7-9-13/h5-9,11-12,14,16H,4,10H2,1-3H3,(H,17,18). The molecule has 0 spiro atoms. The third-order valence-corrected chi connectivity index (χ3v) is 5.18. The lowest BCUT2D eigenvalue weighted by atomic mass is 10.0. The van der Waals surface area contributed by atoms with Crippen molar-refractivity contribution in [1.82, 2.24) is 4.72 Å². The summed E-state index contributed by atoms with van der Waals surface area (Å²) in [6.45, 7) is 5.37. The number of nitrogens with one attached hydrogen (secondary N) is 1. The summed E-state index contributed by atoms with van der Waals surface area (Å²) in [5, 5.41) is 9.16. The van der Waals surface area contributed by atoms with Crippen LogP contribution < -0.4 is 4.72 Å². The van der Waals surface area contributed by atoms with E-state index in [0.29, 0.717) is 6.42 Å². The normalized spacial score (nSPS) is 16.1. The van der Waals surface area contributed by atoms with E-state index < -0.39 is 22.0 Å². The van der Waals surface area contributed by atoms with Crippen LogP contribution in [0.1, 0.15) is 38.7 Å². The molecule has 5 nitrogen and oxygen atoms in total. The van der Waals surface area contributed by atoms with Gasteiger partial charge in [-0.3, -0.25) is 4.79 Å². The Balaban J connectivity index is 2.79. The van der Waals surface area contributed by atoms with E-state index in [1.165, 1.54) is 0 Å². The second-order valence-electron chi connectivity index (χ2n) is 5.41. The van der Waals surface area contributed by atoms with Crippen LogP contribution in [-0.4, -0.2) is 31.3 Å². The van der Waals surface area contributed by atoms with E-state index in [-0.39, 0.29) is 17.6 Å². The Hall–Kier alpha value is -1.40. The number of carbonyl (C=O) groups is 1. The van der Waals surface area contributed by atoms with Crippen molar-refractivity contribution in [1.29, 1.82) is 0 Å². The zero-order valence-corrected chi connectivity index (χ0v) is 13.4. The SMILES string of the molecule is CCC(C)C(NS(=O)(=O)CC(C)c1ccccc1)C(=O)O. The Kier molecular flexibility index (Phi) is 6.36. The summed E-state index contributed by atoms with van der Waals surface area (Å²) >= 11 is 0. The van der Waals surface area contributed by atoms with Gasteiger partial charge in [0.2, 0.25) is 10.0 Å². The van der Waals surface area contributed by atoms with Crippen molar-refractivity contribution in [3.63, 3.8) is 0 Å². The summed E-state index contributed by atoms with van der Waals surface area (Å²) in [5.41, 5.74) is 0.915. The van der Waals surface area contributed by atoms with Gasteiger partial charge in [-0.2, -0.15) is 0 Å². The lowest BCUT2D eigenvalue weighted by Gasteiger charge is -2.21. The molecular formula is C15H23NO4S. The molecule has 0 fully saturated rings. The summed E-state index contributed by atoms with van der Waals surface area (Å²) < 4.78 is 26.7. The molecule has 0 saturated carbocycles. The summed E-state index contributed by atoms with van der Waals surface area (Å²) in [7, 11) is -3.66. The van der Waals surface area contributed by atoms with Crippen molar-refractivity contribution in [2.45, 2.75) is 39.2 Å². The third-order valence-electron chi connectivity index (χ3n) is 3.62. The fourth-order valence-electron chi connectivity index (χ4n) is 2.09. The average molecular weight is 313 g/mol. The second-order valence-corrected chi connectivity index (χ2v) is 7.21. The molecule has 1 rings (SSSR count). The van der Waals surface area contributed by atoms with Crippen molar-refractivity contribution in [3.8, 4) is 0 Å². The molecule has 21 heavy (non-hydrogen) atoms. The zero-order chi connectivity index (χ0) is 16.0. The van der Waals surface area contributed by atoms with Crippen LogP contribution in [-0.2, 0) is 14.8 Å². The van der Waals surface area contributed by atoms with Crippen molar-refractivity contribution >= 4 is 16.0 Å². The molecule has 0 aromatic heterocycles. The van der Waals surface area contributed by atoms with Crippen LogP contribution in [0.15, 0.2) is 30.3 Å². The molecule has 0 aliphatic heterocycles. The van der Waals surface area contributed by atoms with Crippen molar-refractivity contribution in [2.24, 2.45) is 5.92 Å². The van der Waals surface area contributed by atoms with Gasteiger partial charge in [0.1, 0.15) is 6.04 Å². The highest BCUT2D eigenvalue weighted by Crippen LogP contribution is 2.17. The third kappa shape index (κ3) is 5.47. The average Bonchev–Trinajstić information content (AvgIpc) is 2.44. The predicted molar refractivity (Wildman–Crippen MR) is 82.7 cm³/mol. The molecule has 2 N–H and O–H groups in total. The lowest BCUT2D eigenvalue weighted by molar-refractivity contribution is -0.140. The zero-order valence-electron chi connectivity index (χ0n) is 12.6. The van der Waals surface area contributed by atoms with Crippen LogP contribution in [0.25, 0.3) is 0 Å².